The zero-order valence-corrected chi connectivity index (χ0v) is 17.8. The van der Waals surface area contributed by atoms with Gasteiger partial charge < -0.3 is 9.84 Å². The highest BCUT2D eigenvalue weighted by atomic mass is 16.5. The number of methoxy groups -OCH3 is 1. The van der Waals surface area contributed by atoms with E-state index in [1.54, 1.807) is 13.0 Å². The Morgan fingerprint density at radius 1 is 1.12 bits per heavy atom. The van der Waals surface area contributed by atoms with Crippen LogP contribution < -0.4 is 16.1 Å². The van der Waals surface area contributed by atoms with Gasteiger partial charge in [-0.15, -0.1) is 0 Å². The second-order valence-electron chi connectivity index (χ2n) is 8.25. The van der Waals surface area contributed by atoms with Gasteiger partial charge in [0.1, 0.15) is 11.5 Å². The Balaban J connectivity index is 1.81. The van der Waals surface area contributed by atoms with Gasteiger partial charge in [0.15, 0.2) is 11.6 Å². The molecule has 5 rings (SSSR count). The number of carbonyl (C=O) groups is 2. The molecule has 1 aliphatic heterocycles. The van der Waals surface area contributed by atoms with Gasteiger partial charge in [-0.3, -0.25) is 9.59 Å². The van der Waals surface area contributed by atoms with E-state index in [2.05, 4.69) is 0 Å². The number of rotatable bonds is 2. The number of phenolic OH excluding ortho intramolecular Hbond substituents is 1. The summed E-state index contributed by atoms with van der Waals surface area (Å²) in [4.78, 5) is 51.7. The van der Waals surface area contributed by atoms with Gasteiger partial charge in [-0.1, -0.05) is 12.1 Å². The molecule has 1 aromatic carbocycles. The Hall–Kier alpha value is -3.88. The van der Waals surface area contributed by atoms with E-state index in [4.69, 9.17) is 4.74 Å². The van der Waals surface area contributed by atoms with Gasteiger partial charge in [-0.2, -0.15) is 0 Å². The van der Waals surface area contributed by atoms with Crippen LogP contribution in [0.2, 0.25) is 0 Å². The number of phenols is 1. The Morgan fingerprint density at radius 3 is 2.59 bits per heavy atom. The molecule has 1 aromatic heterocycles. The minimum absolute atomic E-state index is 0.000286. The number of hydrogen-bond acceptors (Lipinski definition) is 6. The van der Waals surface area contributed by atoms with Crippen LogP contribution in [0.1, 0.15) is 30.9 Å². The first kappa shape index (κ1) is 20.0. The first-order valence-corrected chi connectivity index (χ1v) is 10.2. The quantitative estimate of drug-likeness (QED) is 0.559. The van der Waals surface area contributed by atoms with Crippen LogP contribution in [0.4, 0.5) is 0 Å². The number of ether oxygens (including phenoxy) is 1. The Bertz CT molecular complexity index is 1430. The van der Waals surface area contributed by atoms with Gasteiger partial charge in [0.05, 0.1) is 19.7 Å². The number of benzene rings is 1. The average molecular weight is 435 g/mol. The Morgan fingerprint density at radius 2 is 1.88 bits per heavy atom. The lowest BCUT2D eigenvalue weighted by Gasteiger charge is -2.39. The molecule has 0 spiro atoms. The molecule has 0 unspecified atom stereocenters. The summed E-state index contributed by atoms with van der Waals surface area (Å²) in [7, 11) is 2.87. The second kappa shape index (κ2) is 6.81. The number of nitrogens with zero attached hydrogens (tertiary/aromatic N) is 3. The van der Waals surface area contributed by atoms with Crippen LogP contribution in [-0.4, -0.2) is 37.7 Å². The first-order valence-electron chi connectivity index (χ1n) is 10.2. The molecule has 9 nitrogen and oxygen atoms in total. The molecule has 0 amide bonds. The number of ketones is 2. The zero-order chi connectivity index (χ0) is 22.9. The average Bonchev–Trinajstić information content (AvgIpc) is 3.00. The number of aromatic nitrogens is 3. The summed E-state index contributed by atoms with van der Waals surface area (Å²) in [5.41, 5.74) is 1.46. The molecule has 2 atom stereocenters. The SMILES string of the molecule is COc1cc(O)ccc1[C@H]1C2=CCn3c(=O)n(C)c(=O)n3[C@@H]2CC2=C1C(=O)C=C(C)C2=O. The second-order valence-corrected chi connectivity index (χ2v) is 8.25. The van der Waals surface area contributed by atoms with Crippen molar-refractivity contribution in [2.24, 2.45) is 7.05 Å². The number of allylic oxidation sites excluding steroid dienone is 6. The van der Waals surface area contributed by atoms with Crippen molar-refractivity contribution in [1.29, 1.82) is 0 Å². The minimum atomic E-state index is -0.656. The van der Waals surface area contributed by atoms with Crippen LogP contribution in [0.5, 0.6) is 11.5 Å². The van der Waals surface area contributed by atoms with Crippen LogP contribution in [0.25, 0.3) is 0 Å². The lowest BCUT2D eigenvalue weighted by atomic mass is 9.68. The van der Waals surface area contributed by atoms with E-state index in [0.29, 0.717) is 28.0 Å². The van der Waals surface area contributed by atoms with E-state index < -0.39 is 23.3 Å². The molecule has 9 heteroatoms. The monoisotopic (exact) mass is 435 g/mol. The molecule has 0 radical (unpaired) electrons. The number of aromatic hydroxyl groups is 1. The summed E-state index contributed by atoms with van der Waals surface area (Å²) < 4.78 is 9.26. The summed E-state index contributed by atoms with van der Waals surface area (Å²) in [5.74, 6) is -0.807. The van der Waals surface area contributed by atoms with Crippen molar-refractivity contribution in [2.75, 3.05) is 7.11 Å². The van der Waals surface area contributed by atoms with Crippen LogP contribution in [-0.2, 0) is 23.2 Å². The normalized spacial score (nSPS) is 22.1. The standard InChI is InChI=1S/C23H21N3O6/c1-11-8-17(28)20-15(21(11)29)10-16-13(6-7-25-22(30)24(2)23(31)26(16)25)19(20)14-5-4-12(27)9-18(14)32-3/h4-6,8-9,16,19,27H,7,10H2,1-3H3/t16-,19-/m1/s1. The van der Waals surface area contributed by atoms with Crippen LogP contribution >= 0.6 is 0 Å². The van der Waals surface area contributed by atoms with E-state index >= 15 is 0 Å². The highest BCUT2D eigenvalue weighted by molar-refractivity contribution is 6.23. The van der Waals surface area contributed by atoms with Crippen molar-refractivity contribution in [1.82, 2.24) is 13.9 Å². The highest BCUT2D eigenvalue weighted by Crippen LogP contribution is 2.51. The fourth-order valence-electron chi connectivity index (χ4n) is 5.06. The highest BCUT2D eigenvalue weighted by Gasteiger charge is 2.45. The molecule has 3 aliphatic rings. The molecule has 0 saturated carbocycles. The molecule has 0 saturated heterocycles. The molecule has 1 N–H and O–H groups in total. The van der Waals surface area contributed by atoms with Gasteiger partial charge in [-0.05, 0) is 24.6 Å². The number of Topliss-reactive ketones (excluding diaryl/α,β-unsaturated/α-hetero) is 1. The third-order valence-electron chi connectivity index (χ3n) is 6.55. The van der Waals surface area contributed by atoms with Crippen molar-refractivity contribution >= 4 is 11.6 Å². The summed E-state index contributed by atoms with van der Waals surface area (Å²) >= 11 is 0. The number of hydrogen-bond donors (Lipinski definition) is 1. The maximum Gasteiger partial charge on any atom is 0.347 e. The Kier molecular flexibility index (Phi) is 4.27. The molecule has 32 heavy (non-hydrogen) atoms. The molecular formula is C23H21N3O6. The van der Waals surface area contributed by atoms with Crippen molar-refractivity contribution in [3.05, 3.63) is 79.2 Å². The maximum atomic E-state index is 13.1. The lowest BCUT2D eigenvalue weighted by Crippen LogP contribution is -2.40. The molecule has 0 fully saturated rings. The molecule has 164 valence electrons. The Labute approximate surface area is 182 Å². The first-order chi connectivity index (χ1) is 15.2. The van der Waals surface area contributed by atoms with Gasteiger partial charge in [0.2, 0.25) is 0 Å². The third kappa shape index (κ3) is 2.57. The summed E-state index contributed by atoms with van der Waals surface area (Å²) in [6.07, 6.45) is 3.32. The fourth-order valence-corrected chi connectivity index (χ4v) is 5.06. The topological polar surface area (TPSA) is 113 Å². The predicted molar refractivity (Wildman–Crippen MR) is 114 cm³/mol. The van der Waals surface area contributed by atoms with Gasteiger partial charge >= 0.3 is 11.4 Å². The summed E-state index contributed by atoms with van der Waals surface area (Å²) in [6, 6.07) is 4.00. The number of carbonyl (C=O) groups excluding carboxylic acids is 2. The third-order valence-corrected chi connectivity index (χ3v) is 6.55. The summed E-state index contributed by atoms with van der Waals surface area (Å²) in [6.45, 7) is 1.76. The van der Waals surface area contributed by atoms with E-state index in [1.165, 1.54) is 41.7 Å². The minimum Gasteiger partial charge on any atom is -0.508 e. The van der Waals surface area contributed by atoms with Crippen molar-refractivity contribution in [2.45, 2.75) is 31.8 Å². The largest absolute Gasteiger partial charge is 0.508 e. The lowest BCUT2D eigenvalue weighted by molar-refractivity contribution is -0.116. The van der Waals surface area contributed by atoms with Gasteiger partial charge in [0, 0.05) is 47.7 Å². The maximum absolute atomic E-state index is 13.1. The van der Waals surface area contributed by atoms with E-state index in [9.17, 15) is 24.3 Å². The van der Waals surface area contributed by atoms with Gasteiger partial charge in [-0.25, -0.2) is 23.5 Å². The van der Waals surface area contributed by atoms with Crippen molar-refractivity contribution < 1.29 is 19.4 Å². The molecular weight excluding hydrogens is 414 g/mol. The van der Waals surface area contributed by atoms with E-state index in [-0.39, 0.29) is 30.3 Å². The van der Waals surface area contributed by atoms with Crippen molar-refractivity contribution in [3.8, 4) is 11.5 Å². The fraction of sp³-hybridized carbons (Fsp3) is 0.304. The van der Waals surface area contributed by atoms with Crippen LogP contribution in [0.15, 0.2) is 62.2 Å². The smallest absolute Gasteiger partial charge is 0.347 e. The molecule has 0 bridgehead atoms. The molecule has 2 heterocycles. The zero-order valence-electron chi connectivity index (χ0n) is 17.8. The molecule has 2 aliphatic carbocycles. The van der Waals surface area contributed by atoms with E-state index in [1.807, 2.05) is 6.08 Å². The molecule has 2 aromatic rings. The van der Waals surface area contributed by atoms with Crippen LogP contribution in [0, 0.1) is 0 Å². The van der Waals surface area contributed by atoms with Gasteiger partial charge in [0.25, 0.3) is 0 Å². The van der Waals surface area contributed by atoms with E-state index in [0.717, 1.165) is 10.1 Å². The summed E-state index contributed by atoms with van der Waals surface area (Å²) in [5, 5.41) is 9.94. The predicted octanol–water partition coefficient (Wildman–Crippen LogP) is 1.13. The van der Waals surface area contributed by atoms with Crippen LogP contribution in [0.3, 0.4) is 0 Å². The number of fused-ring (bicyclic) bond motifs is 3. The van der Waals surface area contributed by atoms with Crippen molar-refractivity contribution in [3.63, 3.8) is 0 Å².